The molecule has 0 aromatic rings. The standard InChI is InChI=1S/C14H27NO/c1-5-15(13(16)14(2,3)4)11-12-9-7-6-8-10-12/h12H,5-11H2,1-4H3. The van der Waals surface area contributed by atoms with Gasteiger partial charge in [0.1, 0.15) is 0 Å². The molecule has 0 N–H and O–H groups in total. The highest BCUT2D eigenvalue weighted by molar-refractivity contribution is 5.81. The Balaban J connectivity index is 2.50. The van der Waals surface area contributed by atoms with E-state index in [2.05, 4.69) is 11.8 Å². The topological polar surface area (TPSA) is 20.3 Å². The van der Waals surface area contributed by atoms with Crippen molar-refractivity contribution in [2.75, 3.05) is 13.1 Å². The minimum atomic E-state index is -0.231. The lowest BCUT2D eigenvalue weighted by Gasteiger charge is -2.33. The van der Waals surface area contributed by atoms with Crippen LogP contribution in [0.25, 0.3) is 0 Å². The van der Waals surface area contributed by atoms with Gasteiger partial charge in [0.05, 0.1) is 0 Å². The maximum absolute atomic E-state index is 12.2. The van der Waals surface area contributed by atoms with Crippen LogP contribution in [-0.4, -0.2) is 23.9 Å². The average Bonchev–Trinajstić information content (AvgIpc) is 2.25. The first-order valence-corrected chi connectivity index (χ1v) is 6.74. The second-order valence-corrected chi connectivity index (χ2v) is 6.10. The lowest BCUT2D eigenvalue weighted by Crippen LogP contribution is -2.42. The summed E-state index contributed by atoms with van der Waals surface area (Å²) >= 11 is 0. The van der Waals surface area contributed by atoms with E-state index in [1.54, 1.807) is 0 Å². The molecule has 16 heavy (non-hydrogen) atoms. The minimum absolute atomic E-state index is 0.231. The Kier molecular flexibility index (Phi) is 4.82. The quantitative estimate of drug-likeness (QED) is 0.720. The Hall–Kier alpha value is -0.530. The molecule has 0 saturated heterocycles. The zero-order valence-corrected chi connectivity index (χ0v) is 11.4. The Morgan fingerprint density at radius 1 is 1.19 bits per heavy atom. The summed E-state index contributed by atoms with van der Waals surface area (Å²) in [7, 11) is 0. The second-order valence-electron chi connectivity index (χ2n) is 6.10. The van der Waals surface area contributed by atoms with Gasteiger partial charge in [-0.25, -0.2) is 0 Å². The van der Waals surface area contributed by atoms with Gasteiger partial charge in [-0.05, 0) is 25.7 Å². The molecule has 1 aliphatic rings. The van der Waals surface area contributed by atoms with Gasteiger partial charge in [0.15, 0.2) is 0 Å². The first-order valence-electron chi connectivity index (χ1n) is 6.74. The van der Waals surface area contributed by atoms with Crippen LogP contribution in [0.1, 0.15) is 59.8 Å². The first kappa shape index (κ1) is 13.5. The number of carbonyl (C=O) groups excluding carboxylic acids is 1. The van der Waals surface area contributed by atoms with Crippen molar-refractivity contribution in [3.05, 3.63) is 0 Å². The molecule has 1 aliphatic carbocycles. The molecule has 2 heteroatoms. The number of carbonyl (C=O) groups is 1. The van der Waals surface area contributed by atoms with E-state index in [1.165, 1.54) is 32.1 Å². The number of hydrogen-bond donors (Lipinski definition) is 0. The van der Waals surface area contributed by atoms with E-state index in [9.17, 15) is 4.79 Å². The van der Waals surface area contributed by atoms with Crippen LogP contribution in [0.2, 0.25) is 0 Å². The van der Waals surface area contributed by atoms with Crippen LogP contribution in [0.15, 0.2) is 0 Å². The summed E-state index contributed by atoms with van der Waals surface area (Å²) in [6.45, 7) is 9.96. The van der Waals surface area contributed by atoms with E-state index in [0.717, 1.165) is 19.0 Å². The van der Waals surface area contributed by atoms with E-state index in [0.29, 0.717) is 5.91 Å². The van der Waals surface area contributed by atoms with Crippen molar-refractivity contribution >= 4 is 5.91 Å². The van der Waals surface area contributed by atoms with Crippen LogP contribution in [0.4, 0.5) is 0 Å². The van der Waals surface area contributed by atoms with Gasteiger partial charge in [-0.3, -0.25) is 4.79 Å². The van der Waals surface area contributed by atoms with E-state index in [1.807, 2.05) is 20.8 Å². The molecule has 0 atom stereocenters. The zero-order valence-electron chi connectivity index (χ0n) is 11.4. The van der Waals surface area contributed by atoms with Gasteiger partial charge in [0.25, 0.3) is 0 Å². The summed E-state index contributed by atoms with van der Waals surface area (Å²) in [4.78, 5) is 14.2. The van der Waals surface area contributed by atoms with Crippen molar-refractivity contribution in [3.8, 4) is 0 Å². The van der Waals surface area contributed by atoms with Crippen LogP contribution in [0.5, 0.6) is 0 Å². The van der Waals surface area contributed by atoms with Crippen LogP contribution in [0.3, 0.4) is 0 Å². The van der Waals surface area contributed by atoms with Gasteiger partial charge in [-0.1, -0.05) is 40.0 Å². The third-order valence-corrected chi connectivity index (χ3v) is 3.51. The number of nitrogens with zero attached hydrogens (tertiary/aromatic N) is 1. The lowest BCUT2D eigenvalue weighted by molar-refractivity contribution is -0.140. The highest BCUT2D eigenvalue weighted by Crippen LogP contribution is 2.26. The van der Waals surface area contributed by atoms with E-state index >= 15 is 0 Å². The molecule has 94 valence electrons. The van der Waals surface area contributed by atoms with Crippen molar-refractivity contribution < 1.29 is 4.79 Å². The molecular formula is C14H27NO. The molecule has 1 amide bonds. The Morgan fingerprint density at radius 2 is 1.75 bits per heavy atom. The summed E-state index contributed by atoms with van der Waals surface area (Å²) in [5, 5.41) is 0. The molecule has 0 radical (unpaired) electrons. The van der Waals surface area contributed by atoms with Gasteiger partial charge in [0, 0.05) is 18.5 Å². The second kappa shape index (κ2) is 5.70. The molecule has 0 heterocycles. The van der Waals surface area contributed by atoms with Crippen molar-refractivity contribution in [1.29, 1.82) is 0 Å². The first-order chi connectivity index (χ1) is 7.45. The maximum Gasteiger partial charge on any atom is 0.227 e. The predicted octanol–water partition coefficient (Wildman–Crippen LogP) is 3.46. The molecule has 1 rings (SSSR count). The Bertz CT molecular complexity index is 223. The molecule has 1 fully saturated rings. The molecule has 0 bridgehead atoms. The van der Waals surface area contributed by atoms with E-state index in [-0.39, 0.29) is 5.41 Å². The molecule has 2 nitrogen and oxygen atoms in total. The molecule has 0 aliphatic heterocycles. The van der Waals surface area contributed by atoms with Crippen molar-refractivity contribution in [2.24, 2.45) is 11.3 Å². The van der Waals surface area contributed by atoms with Gasteiger partial charge in [-0.15, -0.1) is 0 Å². The summed E-state index contributed by atoms with van der Waals surface area (Å²) in [5.41, 5.74) is -0.231. The molecule has 1 saturated carbocycles. The molecule has 0 spiro atoms. The smallest absolute Gasteiger partial charge is 0.227 e. The molecule has 0 aromatic carbocycles. The lowest BCUT2D eigenvalue weighted by atomic mass is 9.88. The number of amides is 1. The number of hydrogen-bond acceptors (Lipinski definition) is 1. The van der Waals surface area contributed by atoms with Crippen molar-refractivity contribution in [1.82, 2.24) is 4.90 Å². The number of rotatable bonds is 3. The minimum Gasteiger partial charge on any atom is -0.342 e. The summed E-state index contributed by atoms with van der Waals surface area (Å²) in [6.07, 6.45) is 6.72. The Morgan fingerprint density at radius 3 is 2.19 bits per heavy atom. The van der Waals surface area contributed by atoms with Gasteiger partial charge < -0.3 is 4.90 Å². The highest BCUT2D eigenvalue weighted by atomic mass is 16.2. The van der Waals surface area contributed by atoms with Crippen molar-refractivity contribution in [2.45, 2.75) is 59.8 Å². The monoisotopic (exact) mass is 225 g/mol. The third-order valence-electron chi connectivity index (χ3n) is 3.51. The maximum atomic E-state index is 12.2. The van der Waals surface area contributed by atoms with Gasteiger partial charge in [0.2, 0.25) is 5.91 Å². The van der Waals surface area contributed by atoms with Crippen LogP contribution >= 0.6 is 0 Å². The molecule has 0 aromatic heterocycles. The molecular weight excluding hydrogens is 198 g/mol. The van der Waals surface area contributed by atoms with Crippen LogP contribution < -0.4 is 0 Å². The summed E-state index contributed by atoms with van der Waals surface area (Å²) < 4.78 is 0. The van der Waals surface area contributed by atoms with Gasteiger partial charge in [-0.2, -0.15) is 0 Å². The summed E-state index contributed by atoms with van der Waals surface area (Å²) in [5.74, 6) is 1.06. The highest BCUT2D eigenvalue weighted by Gasteiger charge is 2.28. The predicted molar refractivity (Wildman–Crippen MR) is 68.3 cm³/mol. The summed E-state index contributed by atoms with van der Waals surface area (Å²) in [6, 6.07) is 0. The van der Waals surface area contributed by atoms with E-state index in [4.69, 9.17) is 0 Å². The average molecular weight is 225 g/mol. The van der Waals surface area contributed by atoms with Gasteiger partial charge >= 0.3 is 0 Å². The Labute approximate surface area is 100 Å². The SMILES string of the molecule is CCN(CC1CCCCC1)C(=O)C(C)(C)C. The fraction of sp³-hybridized carbons (Fsp3) is 0.929. The van der Waals surface area contributed by atoms with Crippen LogP contribution in [0, 0.1) is 11.3 Å². The fourth-order valence-electron chi connectivity index (χ4n) is 2.51. The third kappa shape index (κ3) is 3.80. The van der Waals surface area contributed by atoms with Crippen molar-refractivity contribution in [3.63, 3.8) is 0 Å². The normalized spacial score (nSPS) is 18.5. The largest absolute Gasteiger partial charge is 0.342 e. The van der Waals surface area contributed by atoms with Crippen LogP contribution in [-0.2, 0) is 4.79 Å². The van der Waals surface area contributed by atoms with E-state index < -0.39 is 0 Å². The zero-order chi connectivity index (χ0) is 12.2. The fourth-order valence-corrected chi connectivity index (χ4v) is 2.51. The molecule has 0 unspecified atom stereocenters.